The Bertz CT molecular complexity index is 751. The predicted octanol–water partition coefficient (Wildman–Crippen LogP) is 4.52. The molecule has 25 heavy (non-hydrogen) atoms. The lowest BCUT2D eigenvalue weighted by atomic mass is 10.1. The molecule has 1 heterocycles. The topological polar surface area (TPSA) is 44.1 Å². The van der Waals surface area contributed by atoms with E-state index in [2.05, 4.69) is 5.10 Å². The highest BCUT2D eigenvalue weighted by Crippen LogP contribution is 2.22. The average molecular weight is 366 g/mol. The molecule has 0 bridgehead atoms. The van der Waals surface area contributed by atoms with Gasteiger partial charge in [-0.2, -0.15) is 5.10 Å². The van der Waals surface area contributed by atoms with Crippen LogP contribution in [0.1, 0.15) is 44.7 Å². The average Bonchev–Trinajstić information content (AvgIpc) is 2.56. The molecule has 0 unspecified atom stereocenters. The summed E-state index contributed by atoms with van der Waals surface area (Å²) in [5, 5.41) is 4.18. The van der Waals surface area contributed by atoms with Gasteiger partial charge in [0.05, 0.1) is 18.4 Å². The fourth-order valence-corrected chi connectivity index (χ4v) is 2.57. The molecule has 0 N–H and O–H groups in total. The first-order valence-corrected chi connectivity index (χ1v) is 8.75. The van der Waals surface area contributed by atoms with Gasteiger partial charge in [0.25, 0.3) is 5.56 Å². The van der Waals surface area contributed by atoms with Crippen LogP contribution >= 0.6 is 11.6 Å². The summed E-state index contributed by atoms with van der Waals surface area (Å²) in [6, 6.07) is 7.94. The normalized spacial score (nSPS) is 11.6. The summed E-state index contributed by atoms with van der Waals surface area (Å²) in [5.74, 6) is 0.277. The van der Waals surface area contributed by atoms with E-state index in [0.717, 1.165) is 18.4 Å². The van der Waals surface area contributed by atoms with Gasteiger partial charge in [0, 0.05) is 0 Å². The predicted molar refractivity (Wildman–Crippen MR) is 98.2 cm³/mol. The smallest absolute Gasteiger partial charge is 0.289 e. The van der Waals surface area contributed by atoms with Crippen LogP contribution < -0.4 is 10.3 Å². The van der Waals surface area contributed by atoms with E-state index in [-0.39, 0.29) is 23.0 Å². The Morgan fingerprint density at radius 1 is 1.16 bits per heavy atom. The van der Waals surface area contributed by atoms with Crippen molar-refractivity contribution in [2.75, 3.05) is 6.67 Å². The molecular weight excluding hydrogens is 342 g/mol. The lowest BCUT2D eigenvalue weighted by molar-refractivity contribution is 0.292. The van der Waals surface area contributed by atoms with Gasteiger partial charge in [-0.1, -0.05) is 35.9 Å². The number of aromatic nitrogens is 2. The van der Waals surface area contributed by atoms with Gasteiger partial charge in [0.2, 0.25) is 0 Å². The number of halogens is 2. The summed E-state index contributed by atoms with van der Waals surface area (Å²) < 4.78 is 19.1. The van der Waals surface area contributed by atoms with E-state index in [1.54, 1.807) is 0 Å². The quantitative estimate of drug-likeness (QED) is 0.677. The number of hydrogen-bond acceptors (Lipinski definition) is 3. The molecule has 6 heteroatoms. The minimum atomic E-state index is -0.447. The lowest BCUT2D eigenvalue weighted by Crippen LogP contribution is -2.36. The first-order valence-electron chi connectivity index (χ1n) is 8.38. The van der Waals surface area contributed by atoms with Gasteiger partial charge in [0.15, 0.2) is 10.8 Å². The minimum absolute atomic E-state index is 0.0350. The maximum Gasteiger partial charge on any atom is 0.289 e. The molecule has 0 aliphatic carbocycles. The van der Waals surface area contributed by atoms with Crippen LogP contribution in [-0.4, -0.2) is 16.5 Å². The molecule has 2 rings (SSSR count). The highest BCUT2D eigenvalue weighted by molar-refractivity contribution is 6.31. The van der Waals surface area contributed by atoms with Gasteiger partial charge in [-0.05, 0) is 51.2 Å². The van der Waals surface area contributed by atoms with Crippen molar-refractivity contribution in [1.29, 1.82) is 0 Å². The number of alkyl halides is 1. The Labute approximate surface area is 152 Å². The van der Waals surface area contributed by atoms with E-state index in [0.29, 0.717) is 13.0 Å². The second-order valence-electron chi connectivity index (χ2n) is 6.96. The molecule has 0 atom stereocenters. The molecular formula is C19H24ClFN2O2. The van der Waals surface area contributed by atoms with E-state index in [9.17, 15) is 9.18 Å². The van der Waals surface area contributed by atoms with E-state index < -0.39 is 5.54 Å². The number of rotatable bonds is 7. The molecule has 136 valence electrons. The fraction of sp³-hybridized carbons (Fsp3) is 0.474. The van der Waals surface area contributed by atoms with Crippen LogP contribution in [0.25, 0.3) is 0 Å². The Morgan fingerprint density at radius 2 is 1.80 bits per heavy atom. The number of aryl methyl sites for hydroxylation is 1. The molecule has 4 nitrogen and oxygen atoms in total. The zero-order valence-electron chi connectivity index (χ0n) is 14.9. The SMILES string of the molecule is CC(C)(C)n1ncc(OCc2ccc(CCCC[18F])cc2)c(Cl)c1=O. The molecule has 1 aromatic carbocycles. The van der Waals surface area contributed by atoms with E-state index in [4.69, 9.17) is 16.3 Å². The largest absolute Gasteiger partial charge is 0.485 e. The zero-order valence-corrected chi connectivity index (χ0v) is 15.6. The molecule has 0 saturated carbocycles. The van der Waals surface area contributed by atoms with Crippen LogP contribution in [0.15, 0.2) is 35.3 Å². The Morgan fingerprint density at radius 3 is 2.40 bits per heavy atom. The van der Waals surface area contributed by atoms with Crippen molar-refractivity contribution in [2.24, 2.45) is 0 Å². The number of nitrogens with zero attached hydrogens (tertiary/aromatic N) is 2. The van der Waals surface area contributed by atoms with Crippen molar-refractivity contribution >= 4 is 11.6 Å². The van der Waals surface area contributed by atoms with Crippen molar-refractivity contribution in [3.05, 3.63) is 57.0 Å². The van der Waals surface area contributed by atoms with Crippen molar-refractivity contribution in [3.8, 4) is 5.75 Å². The standard InChI is InChI=1S/C19H24ClFN2O2/c1-19(2,3)23-18(24)17(20)16(12-22-23)25-13-15-9-7-14(8-10-15)6-4-5-11-21/h7-10,12H,4-6,11,13H2,1-3H3/i21-1. The Hall–Kier alpha value is -1.88. The number of unbranched alkanes of at least 4 members (excludes halogenated alkanes) is 1. The summed E-state index contributed by atoms with van der Waals surface area (Å²) in [6.45, 7) is 5.67. The monoisotopic (exact) mass is 365 g/mol. The van der Waals surface area contributed by atoms with Gasteiger partial charge in [-0.3, -0.25) is 9.18 Å². The second-order valence-corrected chi connectivity index (χ2v) is 7.34. The van der Waals surface area contributed by atoms with Gasteiger partial charge in [-0.15, -0.1) is 0 Å². The number of benzene rings is 1. The maximum absolute atomic E-state index is 12.3. The molecule has 0 spiro atoms. The molecule has 0 aliphatic heterocycles. The van der Waals surface area contributed by atoms with Crippen LogP contribution in [0.3, 0.4) is 0 Å². The zero-order chi connectivity index (χ0) is 18.4. The second kappa shape index (κ2) is 8.48. The molecule has 1 aromatic heterocycles. The first kappa shape index (κ1) is 19.4. The van der Waals surface area contributed by atoms with Gasteiger partial charge in [0.1, 0.15) is 6.61 Å². The lowest BCUT2D eigenvalue weighted by Gasteiger charge is -2.21. The highest BCUT2D eigenvalue weighted by Gasteiger charge is 2.19. The summed E-state index contributed by atoms with van der Waals surface area (Å²) >= 11 is 6.14. The summed E-state index contributed by atoms with van der Waals surface area (Å²) in [5.41, 5.74) is 1.32. The third-order valence-electron chi connectivity index (χ3n) is 3.79. The number of ether oxygens (including phenoxy) is 1. The van der Waals surface area contributed by atoms with Gasteiger partial charge >= 0.3 is 0 Å². The molecule has 0 aliphatic rings. The van der Waals surface area contributed by atoms with Crippen LogP contribution in [-0.2, 0) is 18.6 Å². The van der Waals surface area contributed by atoms with Crippen molar-refractivity contribution in [2.45, 2.75) is 52.2 Å². The third kappa shape index (κ3) is 5.30. The van der Waals surface area contributed by atoms with Crippen molar-refractivity contribution < 1.29 is 9.13 Å². The molecule has 0 saturated heterocycles. The third-order valence-corrected chi connectivity index (χ3v) is 4.14. The maximum atomic E-state index is 12.3. The van der Waals surface area contributed by atoms with Crippen LogP contribution in [0.2, 0.25) is 5.02 Å². The van der Waals surface area contributed by atoms with E-state index >= 15 is 0 Å². The van der Waals surface area contributed by atoms with E-state index in [1.807, 2.05) is 45.0 Å². The van der Waals surface area contributed by atoms with Gasteiger partial charge in [-0.25, -0.2) is 4.68 Å². The highest BCUT2D eigenvalue weighted by atomic mass is 35.5. The van der Waals surface area contributed by atoms with Crippen LogP contribution in [0, 0.1) is 0 Å². The number of hydrogen-bond donors (Lipinski definition) is 0. The molecule has 0 radical (unpaired) electrons. The Kier molecular flexibility index (Phi) is 6.59. The summed E-state index contributed by atoms with van der Waals surface area (Å²) in [4.78, 5) is 12.3. The van der Waals surface area contributed by atoms with Crippen LogP contribution in [0.5, 0.6) is 5.75 Å². The van der Waals surface area contributed by atoms with Crippen molar-refractivity contribution in [3.63, 3.8) is 0 Å². The minimum Gasteiger partial charge on any atom is -0.485 e. The summed E-state index contributed by atoms with van der Waals surface area (Å²) in [6.07, 6.45) is 3.78. The summed E-state index contributed by atoms with van der Waals surface area (Å²) in [7, 11) is 0. The van der Waals surface area contributed by atoms with E-state index in [1.165, 1.54) is 16.4 Å². The first-order chi connectivity index (χ1) is 11.8. The fourth-order valence-electron chi connectivity index (χ4n) is 2.38. The van der Waals surface area contributed by atoms with Crippen molar-refractivity contribution in [1.82, 2.24) is 9.78 Å². The van der Waals surface area contributed by atoms with Gasteiger partial charge < -0.3 is 4.74 Å². The molecule has 2 aromatic rings. The Balaban J connectivity index is 2.02. The molecule has 0 fully saturated rings. The van der Waals surface area contributed by atoms with Crippen LogP contribution in [0.4, 0.5) is 4.39 Å². The molecule has 0 amide bonds.